The van der Waals surface area contributed by atoms with Crippen LogP contribution in [0.2, 0.25) is 0 Å². The zero-order chi connectivity index (χ0) is 18.0. The molecular weight excluding hydrogens is 321 g/mol. The molecule has 0 aliphatic rings. The SMILES string of the molecule is CCCC.N[P+](Cc1ccccc1)(c1ccccc1)c1ccccc1. The van der Waals surface area contributed by atoms with Gasteiger partial charge in [-0.3, -0.25) is 0 Å². The third-order valence-corrected chi connectivity index (χ3v) is 7.51. The third-order valence-electron chi connectivity index (χ3n) is 4.21. The van der Waals surface area contributed by atoms with Crippen LogP contribution in [0.4, 0.5) is 0 Å². The first-order valence-corrected chi connectivity index (χ1v) is 11.1. The highest BCUT2D eigenvalue weighted by molar-refractivity contribution is 7.86. The van der Waals surface area contributed by atoms with Gasteiger partial charge in [0.05, 0.1) is 0 Å². The van der Waals surface area contributed by atoms with Crippen LogP contribution in [0.5, 0.6) is 0 Å². The Morgan fingerprint density at radius 3 is 1.32 bits per heavy atom. The minimum absolute atomic E-state index is 0.891. The average molecular weight is 350 g/mol. The van der Waals surface area contributed by atoms with E-state index < -0.39 is 7.41 Å². The lowest BCUT2D eigenvalue weighted by Gasteiger charge is -2.22. The van der Waals surface area contributed by atoms with Crippen molar-refractivity contribution in [3.63, 3.8) is 0 Å². The van der Waals surface area contributed by atoms with Crippen molar-refractivity contribution in [2.45, 2.75) is 32.9 Å². The van der Waals surface area contributed by atoms with Crippen LogP contribution in [0.25, 0.3) is 0 Å². The molecule has 0 aliphatic heterocycles. The molecule has 0 spiro atoms. The lowest BCUT2D eigenvalue weighted by molar-refractivity contribution is 0.886. The normalized spacial score (nSPS) is 10.7. The molecule has 0 saturated carbocycles. The number of nitrogens with two attached hydrogens (primary N) is 1. The number of hydrogen-bond acceptors (Lipinski definition) is 1. The van der Waals surface area contributed by atoms with Crippen molar-refractivity contribution in [2.24, 2.45) is 5.50 Å². The summed E-state index contributed by atoms with van der Waals surface area (Å²) in [6.07, 6.45) is 3.53. The first kappa shape index (κ1) is 19.4. The van der Waals surface area contributed by atoms with E-state index in [-0.39, 0.29) is 0 Å². The van der Waals surface area contributed by atoms with E-state index in [0.717, 1.165) is 6.16 Å². The number of benzene rings is 3. The molecule has 0 amide bonds. The van der Waals surface area contributed by atoms with Crippen molar-refractivity contribution in [2.75, 3.05) is 0 Å². The van der Waals surface area contributed by atoms with E-state index >= 15 is 0 Å². The molecule has 3 rings (SSSR count). The molecule has 0 aliphatic carbocycles. The lowest BCUT2D eigenvalue weighted by atomic mass is 10.2. The van der Waals surface area contributed by atoms with Gasteiger partial charge in [0.15, 0.2) is 0 Å². The molecule has 0 heterocycles. The van der Waals surface area contributed by atoms with Gasteiger partial charge in [-0.05, 0) is 29.8 Å². The largest absolute Gasteiger partial charge is 0.195 e. The highest BCUT2D eigenvalue weighted by Crippen LogP contribution is 2.51. The van der Waals surface area contributed by atoms with Crippen molar-refractivity contribution in [1.82, 2.24) is 0 Å². The van der Waals surface area contributed by atoms with E-state index in [9.17, 15) is 0 Å². The van der Waals surface area contributed by atoms with Gasteiger partial charge in [-0.2, -0.15) is 5.50 Å². The zero-order valence-corrected chi connectivity index (χ0v) is 16.2. The average Bonchev–Trinajstić information content (AvgIpc) is 2.70. The van der Waals surface area contributed by atoms with Crippen LogP contribution in [0.15, 0.2) is 91.0 Å². The molecule has 2 heteroatoms. The molecule has 0 fully saturated rings. The maximum absolute atomic E-state index is 6.98. The van der Waals surface area contributed by atoms with Gasteiger partial charge in [0.1, 0.15) is 24.2 Å². The summed E-state index contributed by atoms with van der Waals surface area (Å²) in [5.41, 5.74) is 8.28. The highest BCUT2D eigenvalue weighted by Gasteiger charge is 2.38. The summed E-state index contributed by atoms with van der Waals surface area (Å²) in [7, 11) is -1.90. The van der Waals surface area contributed by atoms with E-state index in [1.54, 1.807) is 0 Å². The van der Waals surface area contributed by atoms with Gasteiger partial charge >= 0.3 is 0 Å². The molecule has 0 saturated heterocycles. The number of hydrogen-bond donors (Lipinski definition) is 1. The van der Waals surface area contributed by atoms with Gasteiger partial charge < -0.3 is 0 Å². The molecule has 2 N–H and O–H groups in total. The van der Waals surface area contributed by atoms with Gasteiger partial charge in [0.25, 0.3) is 0 Å². The molecule has 3 aromatic rings. The maximum Gasteiger partial charge on any atom is 0.147 e. The molecule has 0 bridgehead atoms. The summed E-state index contributed by atoms with van der Waals surface area (Å²) in [5, 5.41) is 2.50. The second-order valence-corrected chi connectivity index (χ2v) is 9.27. The predicted octanol–water partition coefficient (Wildman–Crippen LogP) is 5.54. The number of unbranched alkanes of at least 4 members (excludes halogenated alkanes) is 1. The Bertz CT molecular complexity index is 669. The second-order valence-electron chi connectivity index (χ2n) is 6.18. The summed E-state index contributed by atoms with van der Waals surface area (Å²) in [6.45, 7) is 4.36. The third kappa shape index (κ3) is 5.53. The van der Waals surface area contributed by atoms with Crippen LogP contribution in [0.1, 0.15) is 32.3 Å². The summed E-state index contributed by atoms with van der Waals surface area (Å²) in [4.78, 5) is 0. The minimum atomic E-state index is -1.90. The Morgan fingerprint density at radius 1 is 0.600 bits per heavy atom. The van der Waals surface area contributed by atoms with Crippen molar-refractivity contribution >= 4 is 18.0 Å². The first-order valence-electron chi connectivity index (χ1n) is 9.02. The Hall–Kier alpha value is -1.95. The summed E-state index contributed by atoms with van der Waals surface area (Å²) in [6, 6.07) is 31.5. The topological polar surface area (TPSA) is 26.0 Å². The molecule has 0 unspecified atom stereocenters. The second kappa shape index (κ2) is 10.1. The summed E-state index contributed by atoms with van der Waals surface area (Å²) in [5.74, 6) is 0. The molecule has 0 atom stereocenters. The fraction of sp³-hybridized carbons (Fsp3) is 0.217. The first-order chi connectivity index (χ1) is 12.2. The van der Waals surface area contributed by atoms with Crippen LogP contribution < -0.4 is 16.1 Å². The molecule has 3 aromatic carbocycles. The van der Waals surface area contributed by atoms with Crippen LogP contribution in [0.3, 0.4) is 0 Å². The number of rotatable bonds is 5. The molecule has 0 aromatic heterocycles. The fourth-order valence-corrected chi connectivity index (χ4v) is 5.45. The van der Waals surface area contributed by atoms with Crippen molar-refractivity contribution in [3.05, 3.63) is 96.6 Å². The summed E-state index contributed by atoms with van der Waals surface area (Å²) < 4.78 is 0. The maximum atomic E-state index is 6.98. The van der Waals surface area contributed by atoms with Gasteiger partial charge in [-0.15, -0.1) is 0 Å². The van der Waals surface area contributed by atoms with Crippen LogP contribution in [-0.2, 0) is 6.16 Å². The van der Waals surface area contributed by atoms with Crippen molar-refractivity contribution in [1.29, 1.82) is 0 Å². The van der Waals surface area contributed by atoms with Gasteiger partial charge in [0, 0.05) is 0 Å². The van der Waals surface area contributed by atoms with Gasteiger partial charge in [-0.25, -0.2) is 0 Å². The van der Waals surface area contributed by atoms with Crippen molar-refractivity contribution < 1.29 is 0 Å². The molecule has 1 nitrogen and oxygen atoms in total. The van der Waals surface area contributed by atoms with Crippen LogP contribution in [-0.4, -0.2) is 0 Å². The monoisotopic (exact) mass is 350 g/mol. The Kier molecular flexibility index (Phi) is 7.85. The van der Waals surface area contributed by atoms with E-state index in [0.29, 0.717) is 0 Å². The molecular formula is C23H29NP+. The molecule has 130 valence electrons. The fourth-order valence-electron chi connectivity index (χ4n) is 2.59. The summed E-state index contributed by atoms with van der Waals surface area (Å²) >= 11 is 0. The minimum Gasteiger partial charge on any atom is -0.195 e. The highest BCUT2D eigenvalue weighted by atomic mass is 31.2. The van der Waals surface area contributed by atoms with Gasteiger partial charge in [0.2, 0.25) is 0 Å². The molecule has 0 radical (unpaired) electrons. The van der Waals surface area contributed by atoms with E-state index in [1.807, 2.05) is 18.2 Å². The van der Waals surface area contributed by atoms with E-state index in [2.05, 4.69) is 86.6 Å². The van der Waals surface area contributed by atoms with E-state index in [4.69, 9.17) is 5.50 Å². The van der Waals surface area contributed by atoms with E-state index in [1.165, 1.54) is 29.0 Å². The van der Waals surface area contributed by atoms with Crippen LogP contribution >= 0.6 is 7.41 Å². The quantitative estimate of drug-likeness (QED) is 0.601. The Morgan fingerprint density at radius 2 is 0.960 bits per heavy atom. The smallest absolute Gasteiger partial charge is 0.147 e. The predicted molar refractivity (Wildman–Crippen MR) is 114 cm³/mol. The van der Waals surface area contributed by atoms with Gasteiger partial charge in [-0.1, -0.05) is 93.4 Å². The van der Waals surface area contributed by atoms with Crippen LogP contribution in [0, 0.1) is 0 Å². The standard InChI is InChI=1S/C19H19NP.C4H10/c20-21(18-12-6-2-7-13-18,19-14-8-3-9-15-19)16-17-10-4-1-5-11-17;1-3-4-2/h1-15H,16,20H2;3-4H2,1-2H3/q+1;. The zero-order valence-electron chi connectivity index (χ0n) is 15.3. The lowest BCUT2D eigenvalue weighted by Crippen LogP contribution is -2.30. The Labute approximate surface area is 153 Å². The van der Waals surface area contributed by atoms with Crippen molar-refractivity contribution in [3.8, 4) is 0 Å². The Balaban J connectivity index is 0.000000511. The molecule has 25 heavy (non-hydrogen) atoms.